The average Bonchev–Trinajstić information content (AvgIpc) is 4.09. The summed E-state index contributed by atoms with van der Waals surface area (Å²) in [5.74, 6) is 0. The van der Waals surface area contributed by atoms with Crippen molar-refractivity contribution in [3.05, 3.63) is 247 Å². The minimum absolute atomic E-state index is 0.515. The van der Waals surface area contributed by atoms with Crippen molar-refractivity contribution in [3.63, 3.8) is 0 Å². The Bertz CT molecular complexity index is 3790. The lowest BCUT2D eigenvalue weighted by atomic mass is 9.70. The van der Waals surface area contributed by atoms with Crippen LogP contribution in [0.1, 0.15) is 22.3 Å². The Balaban J connectivity index is 0.965. The molecule has 0 radical (unpaired) electrons. The SMILES string of the molecule is c1ccc2c(c1)-c1ccccc1C21c2ccccc2-c2cccc(N(c3ccc(-c4ccc5c(c4)oc4ccccc45)cc3)c3ccc(-c4ccc5oc6ccccc6c5c4)cc3)c21. The number of furan rings is 2. The molecule has 0 saturated carbocycles. The molecule has 2 heterocycles. The Morgan fingerprint density at radius 3 is 1.36 bits per heavy atom. The van der Waals surface area contributed by atoms with Crippen molar-refractivity contribution < 1.29 is 8.83 Å². The van der Waals surface area contributed by atoms with E-state index in [2.05, 4.69) is 205 Å². The van der Waals surface area contributed by atoms with Crippen LogP contribution < -0.4 is 4.90 Å². The van der Waals surface area contributed by atoms with Gasteiger partial charge in [-0.1, -0.05) is 158 Å². The number of fused-ring (bicyclic) bond motifs is 16. The van der Waals surface area contributed by atoms with E-state index in [1.807, 2.05) is 24.3 Å². The van der Waals surface area contributed by atoms with Crippen molar-refractivity contribution >= 4 is 60.9 Å². The molecule has 0 N–H and O–H groups in total. The van der Waals surface area contributed by atoms with E-state index >= 15 is 0 Å². The van der Waals surface area contributed by atoms with Crippen LogP contribution >= 0.6 is 0 Å². The molecule has 3 nitrogen and oxygen atoms in total. The Morgan fingerprint density at radius 2 is 0.734 bits per heavy atom. The minimum Gasteiger partial charge on any atom is -0.456 e. The van der Waals surface area contributed by atoms with Gasteiger partial charge in [0.25, 0.3) is 0 Å². The van der Waals surface area contributed by atoms with Gasteiger partial charge in [0.2, 0.25) is 0 Å². The molecule has 0 amide bonds. The van der Waals surface area contributed by atoms with E-state index in [0.717, 1.165) is 83.2 Å². The summed E-state index contributed by atoms with van der Waals surface area (Å²) in [4.78, 5) is 2.47. The highest BCUT2D eigenvalue weighted by Gasteiger charge is 2.53. The summed E-state index contributed by atoms with van der Waals surface area (Å²) >= 11 is 0. The van der Waals surface area contributed by atoms with Crippen LogP contribution in [0, 0.1) is 0 Å². The molecule has 12 aromatic rings. The van der Waals surface area contributed by atoms with Gasteiger partial charge in [-0.15, -0.1) is 0 Å². The van der Waals surface area contributed by atoms with Crippen LogP contribution in [-0.4, -0.2) is 0 Å². The van der Waals surface area contributed by atoms with Gasteiger partial charge in [0, 0.05) is 38.5 Å². The maximum absolute atomic E-state index is 6.32. The molecule has 2 aliphatic rings. The van der Waals surface area contributed by atoms with E-state index in [4.69, 9.17) is 8.83 Å². The molecule has 10 aromatic carbocycles. The molecule has 0 fully saturated rings. The fraction of sp³-hybridized carbons (Fsp3) is 0.0164. The second-order valence-electron chi connectivity index (χ2n) is 17.1. The van der Waals surface area contributed by atoms with Gasteiger partial charge < -0.3 is 13.7 Å². The normalized spacial score (nSPS) is 13.1. The zero-order valence-electron chi connectivity index (χ0n) is 34.6. The fourth-order valence-corrected chi connectivity index (χ4v) is 11.2. The minimum atomic E-state index is -0.515. The van der Waals surface area contributed by atoms with Gasteiger partial charge in [-0.25, -0.2) is 0 Å². The van der Waals surface area contributed by atoms with E-state index in [0.29, 0.717) is 0 Å². The van der Waals surface area contributed by atoms with Crippen molar-refractivity contribution in [2.75, 3.05) is 4.90 Å². The van der Waals surface area contributed by atoms with Crippen LogP contribution in [0.25, 0.3) is 88.4 Å². The monoisotopic (exact) mass is 815 g/mol. The molecule has 298 valence electrons. The molecule has 0 unspecified atom stereocenters. The molecule has 1 spiro atoms. The van der Waals surface area contributed by atoms with Gasteiger partial charge >= 0.3 is 0 Å². The highest BCUT2D eigenvalue weighted by Crippen LogP contribution is 2.65. The predicted molar refractivity (Wildman–Crippen MR) is 263 cm³/mol. The first-order valence-electron chi connectivity index (χ1n) is 22.0. The molecule has 2 aliphatic carbocycles. The molecule has 0 atom stereocenters. The van der Waals surface area contributed by atoms with Gasteiger partial charge in [0.15, 0.2) is 0 Å². The first-order valence-corrected chi connectivity index (χ1v) is 22.0. The van der Waals surface area contributed by atoms with Crippen LogP contribution in [-0.2, 0) is 5.41 Å². The van der Waals surface area contributed by atoms with Crippen molar-refractivity contribution in [1.82, 2.24) is 0 Å². The first kappa shape index (κ1) is 35.2. The average molecular weight is 816 g/mol. The van der Waals surface area contributed by atoms with Crippen LogP contribution in [0.2, 0.25) is 0 Å². The maximum atomic E-state index is 6.32. The molecular weight excluding hydrogens is 779 g/mol. The van der Waals surface area contributed by atoms with Crippen LogP contribution in [0.3, 0.4) is 0 Å². The summed E-state index contributed by atoms with van der Waals surface area (Å²) in [7, 11) is 0. The summed E-state index contributed by atoms with van der Waals surface area (Å²) in [6, 6.07) is 81.7. The summed E-state index contributed by atoms with van der Waals surface area (Å²) in [6.45, 7) is 0. The van der Waals surface area contributed by atoms with Gasteiger partial charge in [-0.05, 0) is 128 Å². The molecular formula is C61H37NO2. The highest BCUT2D eigenvalue weighted by atomic mass is 16.3. The Hall–Kier alpha value is -8.40. The van der Waals surface area contributed by atoms with Crippen LogP contribution in [0.4, 0.5) is 17.1 Å². The fourth-order valence-electron chi connectivity index (χ4n) is 11.2. The summed E-state index contributed by atoms with van der Waals surface area (Å²) in [6.07, 6.45) is 0. The third kappa shape index (κ3) is 4.86. The van der Waals surface area contributed by atoms with Crippen molar-refractivity contribution in [2.45, 2.75) is 5.41 Å². The summed E-state index contributed by atoms with van der Waals surface area (Å²) < 4.78 is 12.5. The number of anilines is 3. The molecule has 0 saturated heterocycles. The van der Waals surface area contributed by atoms with Gasteiger partial charge in [0.1, 0.15) is 22.3 Å². The number of para-hydroxylation sites is 2. The van der Waals surface area contributed by atoms with Crippen LogP contribution in [0.5, 0.6) is 0 Å². The lowest BCUT2D eigenvalue weighted by Crippen LogP contribution is -2.28. The van der Waals surface area contributed by atoms with Crippen molar-refractivity contribution in [1.29, 1.82) is 0 Å². The van der Waals surface area contributed by atoms with E-state index in [-0.39, 0.29) is 0 Å². The second kappa shape index (κ2) is 13.3. The topological polar surface area (TPSA) is 29.5 Å². The second-order valence-corrected chi connectivity index (χ2v) is 17.1. The number of nitrogens with zero attached hydrogens (tertiary/aromatic N) is 1. The number of hydrogen-bond acceptors (Lipinski definition) is 3. The zero-order chi connectivity index (χ0) is 41.9. The van der Waals surface area contributed by atoms with Gasteiger partial charge in [-0.3, -0.25) is 0 Å². The van der Waals surface area contributed by atoms with Gasteiger partial charge in [0.05, 0.1) is 11.1 Å². The zero-order valence-corrected chi connectivity index (χ0v) is 34.6. The third-order valence-corrected chi connectivity index (χ3v) is 13.9. The molecule has 64 heavy (non-hydrogen) atoms. The van der Waals surface area contributed by atoms with E-state index < -0.39 is 5.41 Å². The molecule has 2 aromatic heterocycles. The Morgan fingerprint density at radius 1 is 0.297 bits per heavy atom. The Kier molecular flexibility index (Phi) is 7.32. The first-order chi connectivity index (χ1) is 31.7. The van der Waals surface area contributed by atoms with E-state index in [1.165, 1.54) is 44.5 Å². The lowest BCUT2D eigenvalue weighted by molar-refractivity contribution is 0.668. The number of hydrogen-bond donors (Lipinski definition) is 0. The quantitative estimate of drug-likeness (QED) is 0.173. The van der Waals surface area contributed by atoms with E-state index in [1.54, 1.807) is 0 Å². The summed E-state index contributed by atoms with van der Waals surface area (Å²) in [5, 5.41) is 4.53. The predicted octanol–water partition coefficient (Wildman–Crippen LogP) is 16.6. The summed E-state index contributed by atoms with van der Waals surface area (Å²) in [5.41, 5.74) is 21.3. The standard InChI is InChI=1S/C61H37NO2/c1-6-18-52-44(12-1)45-13-2-7-19-53(45)61(52)54-20-8-3-14-46(54)50-17-11-21-55(60(50)61)62(42-30-24-38(25-31-42)40-29-35-58-51(36-40)48-16-5-10-23-57(48)63-58)43-32-26-39(27-33-43)41-28-34-49-47-15-4-9-22-56(47)64-59(49)37-41/h1-37H. The van der Waals surface area contributed by atoms with E-state index in [9.17, 15) is 0 Å². The number of benzene rings is 10. The molecule has 3 heteroatoms. The smallest absolute Gasteiger partial charge is 0.136 e. The Labute approximate surface area is 369 Å². The van der Waals surface area contributed by atoms with Crippen molar-refractivity contribution in [3.8, 4) is 44.5 Å². The maximum Gasteiger partial charge on any atom is 0.136 e. The van der Waals surface area contributed by atoms with Crippen LogP contribution in [0.15, 0.2) is 233 Å². The molecule has 0 bridgehead atoms. The largest absolute Gasteiger partial charge is 0.456 e. The number of rotatable bonds is 5. The molecule has 0 aliphatic heterocycles. The highest BCUT2D eigenvalue weighted by molar-refractivity contribution is 6.07. The lowest BCUT2D eigenvalue weighted by Gasteiger charge is -2.36. The third-order valence-electron chi connectivity index (χ3n) is 13.9. The van der Waals surface area contributed by atoms with Gasteiger partial charge in [-0.2, -0.15) is 0 Å². The molecule has 14 rings (SSSR count). The van der Waals surface area contributed by atoms with Crippen molar-refractivity contribution in [2.24, 2.45) is 0 Å².